The number of aromatic nitrogens is 5. The highest BCUT2D eigenvalue weighted by atomic mass is 16.2. The Morgan fingerprint density at radius 2 is 2.07 bits per heavy atom. The van der Waals surface area contributed by atoms with Gasteiger partial charge in [-0.1, -0.05) is 6.07 Å². The van der Waals surface area contributed by atoms with E-state index in [0.717, 1.165) is 0 Å². The van der Waals surface area contributed by atoms with Crippen LogP contribution in [0.25, 0.3) is 0 Å². The molecule has 11 nitrogen and oxygen atoms in total. The van der Waals surface area contributed by atoms with Gasteiger partial charge in [-0.05, 0) is 35.4 Å². The van der Waals surface area contributed by atoms with Gasteiger partial charge < -0.3 is 10.2 Å². The zero-order valence-electron chi connectivity index (χ0n) is 14.4. The fourth-order valence-corrected chi connectivity index (χ4v) is 3.79. The van der Waals surface area contributed by atoms with Gasteiger partial charge in [0, 0.05) is 25.2 Å². The lowest BCUT2D eigenvalue weighted by Gasteiger charge is -2.40. The lowest BCUT2D eigenvalue weighted by molar-refractivity contribution is -0.134. The second kappa shape index (κ2) is 6.74. The second-order valence-corrected chi connectivity index (χ2v) is 6.59. The SMILES string of the molecule is O=C1NC(=O)[C@](c2ccccn2)(C2CCN(C(=O)Cn3cnnn3)CC2)N1. The van der Waals surface area contributed by atoms with Crippen LogP contribution in [0, 0.1) is 5.92 Å². The molecule has 2 aliphatic heterocycles. The molecule has 0 radical (unpaired) electrons. The summed E-state index contributed by atoms with van der Waals surface area (Å²) in [4.78, 5) is 43.0. The van der Waals surface area contributed by atoms with Crippen LogP contribution in [0.5, 0.6) is 0 Å². The van der Waals surface area contributed by atoms with Gasteiger partial charge in [-0.15, -0.1) is 5.10 Å². The molecule has 4 rings (SSSR count). The molecule has 2 N–H and O–H groups in total. The predicted octanol–water partition coefficient (Wildman–Crippen LogP) is -0.958. The largest absolute Gasteiger partial charge is 0.341 e. The number of pyridine rings is 1. The summed E-state index contributed by atoms with van der Waals surface area (Å²) in [5, 5.41) is 15.8. The van der Waals surface area contributed by atoms with Crippen molar-refractivity contribution in [3.05, 3.63) is 36.4 Å². The third-order valence-corrected chi connectivity index (χ3v) is 5.11. The fraction of sp³-hybridized carbons (Fsp3) is 0.438. The molecular weight excluding hydrogens is 352 g/mol. The molecule has 4 heterocycles. The van der Waals surface area contributed by atoms with Gasteiger partial charge in [0.05, 0.1) is 5.69 Å². The van der Waals surface area contributed by atoms with E-state index >= 15 is 0 Å². The van der Waals surface area contributed by atoms with E-state index in [4.69, 9.17) is 0 Å². The molecule has 2 aliphatic rings. The summed E-state index contributed by atoms with van der Waals surface area (Å²) >= 11 is 0. The first-order valence-corrected chi connectivity index (χ1v) is 8.63. The fourth-order valence-electron chi connectivity index (χ4n) is 3.79. The zero-order valence-corrected chi connectivity index (χ0v) is 14.4. The van der Waals surface area contributed by atoms with Crippen molar-refractivity contribution < 1.29 is 14.4 Å². The highest BCUT2D eigenvalue weighted by Gasteiger charge is 2.54. The summed E-state index contributed by atoms with van der Waals surface area (Å²) in [5.74, 6) is -0.659. The van der Waals surface area contributed by atoms with Crippen molar-refractivity contribution in [1.29, 1.82) is 0 Å². The summed E-state index contributed by atoms with van der Waals surface area (Å²) in [6.07, 6.45) is 4.11. The molecule has 2 aromatic heterocycles. The van der Waals surface area contributed by atoms with Crippen LogP contribution in [0.3, 0.4) is 0 Å². The third-order valence-electron chi connectivity index (χ3n) is 5.11. The van der Waals surface area contributed by atoms with Crippen LogP contribution < -0.4 is 10.6 Å². The highest BCUT2D eigenvalue weighted by molar-refractivity contribution is 6.07. The molecule has 0 unspecified atom stereocenters. The Hall–Kier alpha value is -3.37. The number of hydrogen-bond donors (Lipinski definition) is 2. The molecule has 11 heteroatoms. The van der Waals surface area contributed by atoms with Crippen LogP contribution in [-0.2, 0) is 21.7 Å². The Morgan fingerprint density at radius 1 is 1.26 bits per heavy atom. The van der Waals surface area contributed by atoms with Crippen LogP contribution in [0.15, 0.2) is 30.7 Å². The van der Waals surface area contributed by atoms with Crippen molar-refractivity contribution in [2.45, 2.75) is 24.9 Å². The molecular formula is C16H18N8O3. The van der Waals surface area contributed by atoms with Crippen LogP contribution >= 0.6 is 0 Å². The molecule has 0 aromatic carbocycles. The Morgan fingerprint density at radius 3 is 2.67 bits per heavy atom. The van der Waals surface area contributed by atoms with Gasteiger partial charge in [-0.25, -0.2) is 9.48 Å². The molecule has 0 spiro atoms. The number of carbonyl (C=O) groups excluding carboxylic acids is 3. The van der Waals surface area contributed by atoms with Gasteiger partial charge in [-0.2, -0.15) is 0 Å². The standard InChI is InChI=1S/C16H18N8O3/c25-13(9-24-10-18-21-22-24)23-7-4-11(5-8-23)16(12-3-1-2-6-17-12)14(26)19-15(27)20-16/h1-3,6,10-11H,4-5,7-9H2,(H2,19,20,26,27)/t16-/m1/s1. The maximum absolute atomic E-state index is 12.7. The van der Waals surface area contributed by atoms with E-state index in [9.17, 15) is 14.4 Å². The van der Waals surface area contributed by atoms with Crippen molar-refractivity contribution in [2.24, 2.45) is 5.92 Å². The van der Waals surface area contributed by atoms with E-state index in [1.165, 1.54) is 11.0 Å². The van der Waals surface area contributed by atoms with Crippen LogP contribution in [0.2, 0.25) is 0 Å². The Kier molecular flexibility index (Phi) is 4.26. The molecule has 2 fully saturated rings. The lowest BCUT2D eigenvalue weighted by atomic mass is 9.75. The minimum Gasteiger partial charge on any atom is -0.341 e. The topological polar surface area (TPSA) is 135 Å². The van der Waals surface area contributed by atoms with E-state index in [1.807, 2.05) is 0 Å². The van der Waals surface area contributed by atoms with Crippen molar-refractivity contribution in [3.63, 3.8) is 0 Å². The lowest BCUT2D eigenvalue weighted by Crippen LogP contribution is -2.54. The number of likely N-dealkylation sites (tertiary alicyclic amines) is 1. The molecule has 1 atom stereocenters. The molecule has 27 heavy (non-hydrogen) atoms. The number of rotatable bonds is 4. The zero-order chi connectivity index (χ0) is 18.9. The Bertz CT molecular complexity index is 848. The highest BCUT2D eigenvalue weighted by Crippen LogP contribution is 2.38. The Balaban J connectivity index is 1.50. The molecule has 4 amide bonds. The Labute approximate surface area is 154 Å². The van der Waals surface area contributed by atoms with Crippen molar-refractivity contribution >= 4 is 17.8 Å². The average Bonchev–Trinajstić information content (AvgIpc) is 3.30. The van der Waals surface area contributed by atoms with E-state index < -0.39 is 17.5 Å². The van der Waals surface area contributed by atoms with Gasteiger partial charge in [-0.3, -0.25) is 19.9 Å². The summed E-state index contributed by atoms with van der Waals surface area (Å²) in [5.41, 5.74) is -0.699. The van der Waals surface area contributed by atoms with Crippen molar-refractivity contribution in [2.75, 3.05) is 13.1 Å². The number of carbonyl (C=O) groups is 3. The van der Waals surface area contributed by atoms with Gasteiger partial charge in [0.2, 0.25) is 5.91 Å². The number of imide groups is 1. The van der Waals surface area contributed by atoms with Gasteiger partial charge in [0.25, 0.3) is 5.91 Å². The summed E-state index contributed by atoms with van der Waals surface area (Å²) in [6, 6.07) is 4.75. The minimum atomic E-state index is -1.21. The summed E-state index contributed by atoms with van der Waals surface area (Å²) < 4.78 is 1.37. The van der Waals surface area contributed by atoms with Crippen LogP contribution in [0.1, 0.15) is 18.5 Å². The minimum absolute atomic E-state index is 0.0697. The summed E-state index contributed by atoms with van der Waals surface area (Å²) in [6.45, 7) is 1.02. The number of urea groups is 1. The molecule has 2 aromatic rings. The van der Waals surface area contributed by atoms with Crippen LogP contribution in [0.4, 0.5) is 4.79 Å². The maximum atomic E-state index is 12.7. The smallest absolute Gasteiger partial charge is 0.322 e. The number of nitrogens with one attached hydrogen (secondary N) is 2. The van der Waals surface area contributed by atoms with Crippen molar-refractivity contribution in [1.82, 2.24) is 40.7 Å². The van der Waals surface area contributed by atoms with E-state index in [2.05, 4.69) is 31.1 Å². The number of tetrazole rings is 1. The predicted molar refractivity (Wildman–Crippen MR) is 89.7 cm³/mol. The number of nitrogens with zero attached hydrogens (tertiary/aromatic N) is 6. The number of piperidine rings is 1. The number of hydrogen-bond acceptors (Lipinski definition) is 7. The van der Waals surface area contributed by atoms with E-state index in [-0.39, 0.29) is 18.4 Å². The first kappa shape index (κ1) is 17.1. The van der Waals surface area contributed by atoms with Crippen LogP contribution in [-0.4, -0.2) is 61.0 Å². The molecule has 0 bridgehead atoms. The normalized spacial score (nSPS) is 23.2. The molecule has 2 saturated heterocycles. The molecule has 0 aliphatic carbocycles. The average molecular weight is 370 g/mol. The quantitative estimate of drug-likeness (QED) is 0.662. The van der Waals surface area contributed by atoms with E-state index in [0.29, 0.717) is 31.6 Å². The number of amides is 4. The third kappa shape index (κ3) is 3.00. The van der Waals surface area contributed by atoms with Crippen molar-refractivity contribution in [3.8, 4) is 0 Å². The monoisotopic (exact) mass is 370 g/mol. The van der Waals surface area contributed by atoms with E-state index in [1.54, 1.807) is 29.3 Å². The first-order chi connectivity index (χ1) is 13.1. The first-order valence-electron chi connectivity index (χ1n) is 8.63. The van der Waals surface area contributed by atoms with Gasteiger partial charge in [0.15, 0.2) is 5.54 Å². The molecule has 0 saturated carbocycles. The molecule has 140 valence electrons. The van der Waals surface area contributed by atoms with Gasteiger partial charge >= 0.3 is 6.03 Å². The van der Waals surface area contributed by atoms with Gasteiger partial charge in [0.1, 0.15) is 12.9 Å². The second-order valence-electron chi connectivity index (χ2n) is 6.59. The maximum Gasteiger partial charge on any atom is 0.322 e. The summed E-state index contributed by atoms with van der Waals surface area (Å²) in [7, 11) is 0.